The highest BCUT2D eigenvalue weighted by Crippen LogP contribution is 2.20. The molecular weight excluding hydrogens is 286 g/mol. The molecule has 0 spiro atoms. The van der Waals surface area contributed by atoms with E-state index in [-0.39, 0.29) is 18.3 Å². The predicted molar refractivity (Wildman–Crippen MR) is 83.8 cm³/mol. The molecule has 1 atom stereocenters. The van der Waals surface area contributed by atoms with Gasteiger partial charge in [0.1, 0.15) is 5.75 Å². The number of ether oxygens (including phenoxy) is 1. The highest BCUT2D eigenvalue weighted by Gasteiger charge is 2.18. The third-order valence-corrected chi connectivity index (χ3v) is 4.04. The maximum absolute atomic E-state index is 11.4. The van der Waals surface area contributed by atoms with E-state index in [4.69, 9.17) is 9.88 Å². The summed E-state index contributed by atoms with van der Waals surface area (Å²) >= 11 is 0. The lowest BCUT2D eigenvalue weighted by atomic mass is 10.0. The first kappa shape index (κ1) is 15.5. The third-order valence-electron chi connectivity index (χ3n) is 3.18. The molecule has 2 aromatic rings. The SMILES string of the molecule is Cc1ccc(OCC(CS(N)(=O)=O)c2ccccc2)cc1. The smallest absolute Gasteiger partial charge is 0.209 e. The van der Waals surface area contributed by atoms with Crippen LogP contribution in [0.25, 0.3) is 0 Å². The summed E-state index contributed by atoms with van der Waals surface area (Å²) in [6.45, 7) is 2.26. The molecule has 112 valence electrons. The lowest BCUT2D eigenvalue weighted by Gasteiger charge is -2.17. The minimum Gasteiger partial charge on any atom is -0.493 e. The molecule has 0 aliphatic heterocycles. The molecule has 0 bridgehead atoms. The second-order valence-electron chi connectivity index (χ2n) is 5.06. The van der Waals surface area contributed by atoms with Gasteiger partial charge in [0.25, 0.3) is 0 Å². The van der Waals surface area contributed by atoms with Gasteiger partial charge in [-0.2, -0.15) is 0 Å². The van der Waals surface area contributed by atoms with Gasteiger partial charge in [-0.25, -0.2) is 13.6 Å². The van der Waals surface area contributed by atoms with E-state index in [1.54, 1.807) is 0 Å². The quantitative estimate of drug-likeness (QED) is 0.891. The van der Waals surface area contributed by atoms with Gasteiger partial charge < -0.3 is 4.74 Å². The van der Waals surface area contributed by atoms with Crippen molar-refractivity contribution in [1.82, 2.24) is 0 Å². The number of benzene rings is 2. The van der Waals surface area contributed by atoms with Gasteiger partial charge in [-0.15, -0.1) is 0 Å². The summed E-state index contributed by atoms with van der Waals surface area (Å²) in [5.74, 6) is 0.293. The van der Waals surface area contributed by atoms with E-state index in [1.807, 2.05) is 61.5 Å². The molecule has 0 amide bonds. The number of primary sulfonamides is 1. The number of aryl methyl sites for hydroxylation is 1. The molecule has 0 saturated heterocycles. The van der Waals surface area contributed by atoms with E-state index in [0.29, 0.717) is 0 Å². The number of sulfonamides is 1. The van der Waals surface area contributed by atoms with Crippen LogP contribution in [0.3, 0.4) is 0 Å². The summed E-state index contributed by atoms with van der Waals surface area (Å²) < 4.78 is 28.5. The first-order valence-electron chi connectivity index (χ1n) is 6.69. The van der Waals surface area contributed by atoms with Gasteiger partial charge in [0, 0.05) is 5.92 Å². The van der Waals surface area contributed by atoms with Crippen molar-refractivity contribution in [3.05, 3.63) is 65.7 Å². The lowest BCUT2D eigenvalue weighted by molar-refractivity contribution is 0.296. The number of hydrogen-bond acceptors (Lipinski definition) is 3. The monoisotopic (exact) mass is 305 g/mol. The minimum absolute atomic E-state index is 0.136. The molecule has 0 fully saturated rings. The molecule has 21 heavy (non-hydrogen) atoms. The summed E-state index contributed by atoms with van der Waals surface area (Å²) in [6, 6.07) is 17.0. The van der Waals surface area contributed by atoms with Crippen LogP contribution in [0.4, 0.5) is 0 Å². The number of rotatable bonds is 6. The highest BCUT2D eigenvalue weighted by atomic mass is 32.2. The minimum atomic E-state index is -3.56. The molecule has 1 unspecified atom stereocenters. The Hall–Kier alpha value is -1.85. The van der Waals surface area contributed by atoms with Gasteiger partial charge in [-0.1, -0.05) is 48.0 Å². The van der Waals surface area contributed by atoms with Gasteiger partial charge in [-0.3, -0.25) is 0 Å². The fourth-order valence-corrected chi connectivity index (χ4v) is 2.93. The van der Waals surface area contributed by atoms with E-state index >= 15 is 0 Å². The van der Waals surface area contributed by atoms with Gasteiger partial charge in [0.05, 0.1) is 12.4 Å². The molecule has 0 aliphatic carbocycles. The lowest BCUT2D eigenvalue weighted by Crippen LogP contribution is -2.25. The van der Waals surface area contributed by atoms with Crippen LogP contribution in [-0.4, -0.2) is 20.8 Å². The van der Waals surface area contributed by atoms with Crippen LogP contribution >= 0.6 is 0 Å². The van der Waals surface area contributed by atoms with Crippen molar-refractivity contribution in [2.75, 3.05) is 12.4 Å². The molecule has 0 saturated carbocycles. The summed E-state index contributed by atoms with van der Waals surface area (Å²) in [6.07, 6.45) is 0. The normalized spacial score (nSPS) is 12.9. The Labute approximate surface area is 125 Å². The first-order chi connectivity index (χ1) is 9.94. The molecule has 2 N–H and O–H groups in total. The van der Waals surface area contributed by atoms with E-state index in [0.717, 1.165) is 16.9 Å². The van der Waals surface area contributed by atoms with Crippen LogP contribution in [-0.2, 0) is 10.0 Å². The van der Waals surface area contributed by atoms with Crippen LogP contribution in [0.2, 0.25) is 0 Å². The molecule has 0 aromatic heterocycles. The van der Waals surface area contributed by atoms with Crippen molar-refractivity contribution in [2.24, 2.45) is 5.14 Å². The zero-order valence-corrected chi connectivity index (χ0v) is 12.7. The van der Waals surface area contributed by atoms with Gasteiger partial charge in [0.15, 0.2) is 0 Å². The van der Waals surface area contributed by atoms with Gasteiger partial charge >= 0.3 is 0 Å². The predicted octanol–water partition coefficient (Wildman–Crippen LogP) is 2.45. The Kier molecular flexibility index (Phi) is 4.98. The van der Waals surface area contributed by atoms with Crippen LogP contribution in [0.15, 0.2) is 54.6 Å². The Bertz CT molecular complexity index is 666. The molecule has 2 rings (SSSR count). The van der Waals surface area contributed by atoms with Crippen molar-refractivity contribution >= 4 is 10.0 Å². The summed E-state index contributed by atoms with van der Waals surface area (Å²) in [4.78, 5) is 0. The fraction of sp³-hybridized carbons (Fsp3) is 0.250. The molecule has 0 aliphatic rings. The number of nitrogens with two attached hydrogens (primary N) is 1. The largest absolute Gasteiger partial charge is 0.493 e. The van der Waals surface area contributed by atoms with Crippen molar-refractivity contribution in [3.63, 3.8) is 0 Å². The molecule has 4 nitrogen and oxygen atoms in total. The summed E-state index contributed by atoms with van der Waals surface area (Å²) in [5, 5.41) is 5.18. The Morgan fingerprint density at radius 2 is 1.67 bits per heavy atom. The van der Waals surface area contributed by atoms with Crippen LogP contribution in [0, 0.1) is 6.92 Å². The van der Waals surface area contributed by atoms with Gasteiger partial charge in [-0.05, 0) is 24.6 Å². The Balaban J connectivity index is 2.11. The second kappa shape index (κ2) is 6.74. The van der Waals surface area contributed by atoms with Crippen LogP contribution in [0.5, 0.6) is 5.75 Å². The van der Waals surface area contributed by atoms with Crippen molar-refractivity contribution in [3.8, 4) is 5.75 Å². The second-order valence-corrected chi connectivity index (χ2v) is 6.72. The third kappa shape index (κ3) is 5.21. The van der Waals surface area contributed by atoms with Gasteiger partial charge in [0.2, 0.25) is 10.0 Å². The van der Waals surface area contributed by atoms with Crippen LogP contribution in [0.1, 0.15) is 17.0 Å². The maximum atomic E-state index is 11.4. The van der Waals surface area contributed by atoms with Crippen LogP contribution < -0.4 is 9.88 Å². The van der Waals surface area contributed by atoms with E-state index in [1.165, 1.54) is 0 Å². The average Bonchev–Trinajstić information content (AvgIpc) is 2.45. The molecule has 2 aromatic carbocycles. The zero-order chi connectivity index (χ0) is 15.3. The fourth-order valence-electron chi connectivity index (χ4n) is 2.08. The highest BCUT2D eigenvalue weighted by molar-refractivity contribution is 7.89. The van der Waals surface area contributed by atoms with E-state index in [9.17, 15) is 8.42 Å². The zero-order valence-electron chi connectivity index (χ0n) is 11.9. The standard InChI is InChI=1S/C16H19NO3S/c1-13-7-9-16(10-8-13)20-11-15(12-21(17,18)19)14-5-3-2-4-6-14/h2-10,15H,11-12H2,1H3,(H2,17,18,19). The molecular formula is C16H19NO3S. The van der Waals surface area contributed by atoms with Crippen molar-refractivity contribution < 1.29 is 13.2 Å². The Morgan fingerprint density at radius 3 is 2.24 bits per heavy atom. The van der Waals surface area contributed by atoms with E-state index < -0.39 is 10.0 Å². The van der Waals surface area contributed by atoms with Crippen molar-refractivity contribution in [2.45, 2.75) is 12.8 Å². The maximum Gasteiger partial charge on any atom is 0.209 e. The molecule has 0 radical (unpaired) electrons. The van der Waals surface area contributed by atoms with E-state index in [2.05, 4.69) is 0 Å². The Morgan fingerprint density at radius 1 is 1.05 bits per heavy atom. The average molecular weight is 305 g/mol. The molecule has 0 heterocycles. The summed E-state index contributed by atoms with van der Waals surface area (Å²) in [5.41, 5.74) is 2.05. The first-order valence-corrected chi connectivity index (χ1v) is 8.40. The molecule has 5 heteroatoms. The summed E-state index contributed by atoms with van der Waals surface area (Å²) in [7, 11) is -3.56. The number of hydrogen-bond donors (Lipinski definition) is 1. The topological polar surface area (TPSA) is 69.4 Å². The van der Waals surface area contributed by atoms with Crippen molar-refractivity contribution in [1.29, 1.82) is 0 Å².